The summed E-state index contributed by atoms with van der Waals surface area (Å²) in [5.41, 5.74) is 3.10. The van der Waals surface area contributed by atoms with Gasteiger partial charge in [0.1, 0.15) is 6.54 Å². The number of hydrazone groups is 1. The molecule has 2 N–H and O–H groups in total. The lowest BCUT2D eigenvalue weighted by Gasteiger charge is -2.17. The van der Waals surface area contributed by atoms with Gasteiger partial charge in [0.2, 0.25) is 0 Å². The molecule has 8 nitrogen and oxygen atoms in total. The minimum Gasteiger partial charge on any atom is -0.504 e. The Hall–Kier alpha value is -3.59. The number of nitrogens with one attached hydrogen (secondary N) is 1. The third-order valence-corrected chi connectivity index (χ3v) is 6.41. The highest BCUT2D eigenvalue weighted by atomic mass is 32.2. The average molecular weight is 411 g/mol. The van der Waals surface area contributed by atoms with Crippen LogP contribution >= 0.6 is 0 Å². The molecule has 1 heterocycles. The largest absolute Gasteiger partial charge is 0.504 e. The lowest BCUT2D eigenvalue weighted by molar-refractivity contribution is -0.119. The molecule has 0 atom stereocenters. The SMILES string of the molecule is COc1cccc(/C=N/NC(=O)CN2c3cccc4cccc(c34)S2(=O)=O)c1O. The van der Waals surface area contributed by atoms with Crippen molar-refractivity contribution in [2.45, 2.75) is 4.90 Å². The Balaban J connectivity index is 1.53. The number of carbonyl (C=O) groups is 1. The third-order valence-electron chi connectivity index (χ3n) is 4.61. The Kier molecular flexibility index (Phi) is 4.59. The average Bonchev–Trinajstić information content (AvgIpc) is 2.93. The number of benzene rings is 3. The molecule has 1 aliphatic rings. The second-order valence-electron chi connectivity index (χ2n) is 6.33. The molecule has 3 aromatic carbocycles. The molecule has 29 heavy (non-hydrogen) atoms. The molecule has 148 valence electrons. The summed E-state index contributed by atoms with van der Waals surface area (Å²) in [6.07, 6.45) is 1.25. The summed E-state index contributed by atoms with van der Waals surface area (Å²) in [6, 6.07) is 15.1. The van der Waals surface area contributed by atoms with Crippen molar-refractivity contribution in [3.05, 3.63) is 60.2 Å². The maximum atomic E-state index is 12.9. The molecule has 0 aromatic heterocycles. The molecule has 0 bridgehead atoms. The standard InChI is InChI=1S/C20H17N3O5S/c1-28-16-9-3-7-14(20(16)25)11-21-22-18(24)12-23-15-8-2-5-13-6-4-10-17(19(13)15)29(23,26)27/h2-11,25H,12H2,1H3,(H,22,24)/b21-11+. The second-order valence-corrected chi connectivity index (χ2v) is 8.17. The van der Waals surface area contributed by atoms with Crippen LogP contribution in [0.1, 0.15) is 5.56 Å². The van der Waals surface area contributed by atoms with Crippen molar-refractivity contribution < 1.29 is 23.1 Å². The van der Waals surface area contributed by atoms with E-state index in [4.69, 9.17) is 4.74 Å². The van der Waals surface area contributed by atoms with Gasteiger partial charge in [0, 0.05) is 10.9 Å². The number of amides is 1. The van der Waals surface area contributed by atoms with Gasteiger partial charge < -0.3 is 9.84 Å². The summed E-state index contributed by atoms with van der Waals surface area (Å²) >= 11 is 0. The molecule has 0 radical (unpaired) electrons. The van der Waals surface area contributed by atoms with Gasteiger partial charge in [-0.05, 0) is 29.7 Å². The number of rotatable bonds is 5. The zero-order valence-electron chi connectivity index (χ0n) is 15.4. The van der Waals surface area contributed by atoms with Crippen molar-refractivity contribution in [2.75, 3.05) is 18.0 Å². The van der Waals surface area contributed by atoms with Crippen LogP contribution in [0.2, 0.25) is 0 Å². The molecule has 0 fully saturated rings. The van der Waals surface area contributed by atoms with E-state index in [1.165, 1.54) is 19.4 Å². The number of hydrogen-bond acceptors (Lipinski definition) is 6. The van der Waals surface area contributed by atoms with Crippen molar-refractivity contribution >= 4 is 38.6 Å². The molecule has 0 saturated carbocycles. The van der Waals surface area contributed by atoms with Crippen molar-refractivity contribution in [1.29, 1.82) is 0 Å². The number of para-hydroxylation sites is 1. The maximum absolute atomic E-state index is 12.9. The van der Waals surface area contributed by atoms with Gasteiger partial charge in [0.05, 0.1) is 23.9 Å². The number of aromatic hydroxyl groups is 1. The van der Waals surface area contributed by atoms with Gasteiger partial charge in [-0.3, -0.25) is 9.10 Å². The van der Waals surface area contributed by atoms with E-state index in [0.717, 1.165) is 9.69 Å². The number of carbonyl (C=O) groups excluding carboxylic acids is 1. The molecule has 0 spiro atoms. The van der Waals surface area contributed by atoms with Crippen LogP contribution < -0.4 is 14.5 Å². The summed E-state index contributed by atoms with van der Waals surface area (Å²) in [6.45, 7) is -0.419. The highest BCUT2D eigenvalue weighted by Crippen LogP contribution is 2.41. The highest BCUT2D eigenvalue weighted by molar-refractivity contribution is 7.93. The molecule has 3 aromatic rings. The van der Waals surface area contributed by atoms with Gasteiger partial charge in [-0.15, -0.1) is 0 Å². The van der Waals surface area contributed by atoms with Gasteiger partial charge in [0.25, 0.3) is 15.9 Å². The fourth-order valence-corrected chi connectivity index (χ4v) is 4.94. The topological polar surface area (TPSA) is 108 Å². The number of hydrogen-bond donors (Lipinski definition) is 2. The van der Waals surface area contributed by atoms with E-state index < -0.39 is 22.5 Å². The van der Waals surface area contributed by atoms with Crippen LogP contribution in [0.4, 0.5) is 5.69 Å². The molecule has 1 aliphatic heterocycles. The van der Waals surface area contributed by atoms with Crippen LogP contribution in [-0.2, 0) is 14.8 Å². The number of phenols is 1. The predicted octanol–water partition coefficient (Wildman–Crippen LogP) is 2.21. The lowest BCUT2D eigenvalue weighted by atomic mass is 10.1. The summed E-state index contributed by atoms with van der Waals surface area (Å²) < 4.78 is 31.8. The number of ether oxygens (including phenoxy) is 1. The van der Waals surface area contributed by atoms with E-state index >= 15 is 0 Å². The third kappa shape index (κ3) is 3.15. The minimum absolute atomic E-state index is 0.114. The van der Waals surface area contributed by atoms with Crippen molar-refractivity contribution in [3.8, 4) is 11.5 Å². The van der Waals surface area contributed by atoms with Crippen molar-refractivity contribution in [1.82, 2.24) is 5.43 Å². The number of sulfonamides is 1. The normalized spacial score (nSPS) is 14.4. The zero-order valence-corrected chi connectivity index (χ0v) is 16.2. The Bertz CT molecular complexity index is 1250. The number of anilines is 1. The summed E-state index contributed by atoms with van der Waals surface area (Å²) in [5.74, 6) is -0.455. The molecule has 4 rings (SSSR count). The van der Waals surface area contributed by atoms with Crippen LogP contribution in [0.3, 0.4) is 0 Å². The van der Waals surface area contributed by atoms with E-state index in [1.54, 1.807) is 36.4 Å². The lowest BCUT2D eigenvalue weighted by Crippen LogP contribution is -2.37. The quantitative estimate of drug-likeness (QED) is 0.494. The van der Waals surface area contributed by atoms with E-state index in [1.807, 2.05) is 12.1 Å². The minimum atomic E-state index is -3.82. The van der Waals surface area contributed by atoms with Crippen LogP contribution in [0.5, 0.6) is 11.5 Å². The van der Waals surface area contributed by atoms with Crippen LogP contribution in [-0.4, -0.2) is 39.3 Å². The first-order valence-corrected chi connectivity index (χ1v) is 10.1. The summed E-state index contributed by atoms with van der Waals surface area (Å²) in [7, 11) is -2.40. The molecule has 0 unspecified atom stereocenters. The molecule has 1 amide bonds. The first-order chi connectivity index (χ1) is 13.9. The molecule has 9 heteroatoms. The first-order valence-electron chi connectivity index (χ1n) is 8.66. The first kappa shape index (κ1) is 18.8. The van der Waals surface area contributed by atoms with Crippen LogP contribution in [0.25, 0.3) is 10.8 Å². The number of methoxy groups -OCH3 is 1. The summed E-state index contributed by atoms with van der Waals surface area (Å²) in [5, 5.41) is 15.2. The Morgan fingerprint density at radius 2 is 1.90 bits per heavy atom. The smallest absolute Gasteiger partial charge is 0.265 e. The Morgan fingerprint density at radius 1 is 1.17 bits per heavy atom. The van der Waals surface area contributed by atoms with Gasteiger partial charge >= 0.3 is 0 Å². The van der Waals surface area contributed by atoms with Gasteiger partial charge in [-0.2, -0.15) is 5.10 Å². The van der Waals surface area contributed by atoms with Crippen molar-refractivity contribution in [3.63, 3.8) is 0 Å². The maximum Gasteiger partial charge on any atom is 0.265 e. The number of nitrogens with zero attached hydrogens (tertiary/aromatic N) is 2. The molecular formula is C20H17N3O5S. The molecule has 0 aliphatic carbocycles. The second kappa shape index (κ2) is 7.10. The predicted molar refractivity (Wildman–Crippen MR) is 109 cm³/mol. The fourth-order valence-electron chi connectivity index (χ4n) is 3.28. The van der Waals surface area contributed by atoms with Gasteiger partial charge in [0.15, 0.2) is 11.5 Å². The Morgan fingerprint density at radius 3 is 2.66 bits per heavy atom. The van der Waals surface area contributed by atoms with Crippen LogP contribution in [0.15, 0.2) is 64.6 Å². The van der Waals surface area contributed by atoms with E-state index in [-0.39, 0.29) is 16.4 Å². The van der Waals surface area contributed by atoms with E-state index in [2.05, 4.69) is 10.5 Å². The summed E-state index contributed by atoms with van der Waals surface area (Å²) in [4.78, 5) is 12.5. The van der Waals surface area contributed by atoms with Gasteiger partial charge in [-0.25, -0.2) is 13.8 Å². The monoisotopic (exact) mass is 411 g/mol. The Labute approximate surface area is 167 Å². The molecule has 0 saturated heterocycles. The van der Waals surface area contributed by atoms with E-state index in [9.17, 15) is 18.3 Å². The van der Waals surface area contributed by atoms with Crippen LogP contribution in [0, 0.1) is 0 Å². The van der Waals surface area contributed by atoms with Crippen molar-refractivity contribution in [2.24, 2.45) is 5.10 Å². The molecular weight excluding hydrogens is 394 g/mol. The zero-order chi connectivity index (χ0) is 20.6. The van der Waals surface area contributed by atoms with E-state index in [0.29, 0.717) is 16.6 Å². The highest BCUT2D eigenvalue weighted by Gasteiger charge is 2.36. The van der Waals surface area contributed by atoms with Gasteiger partial charge in [-0.1, -0.05) is 30.3 Å². The fraction of sp³-hybridized carbons (Fsp3) is 0.100. The number of phenolic OH excluding ortho intramolecular Hbond substituents is 1.